The average Bonchev–Trinajstić information content (AvgIpc) is 2.94. The van der Waals surface area contributed by atoms with Crippen LogP contribution in [0.4, 0.5) is 0 Å². The molecular weight excluding hydrogens is 300 g/mol. The van der Waals surface area contributed by atoms with E-state index in [1.54, 1.807) is 0 Å². The molecule has 3 rings (SSSR count). The highest BCUT2D eigenvalue weighted by atomic mass is 16.5. The van der Waals surface area contributed by atoms with Gasteiger partial charge in [-0.2, -0.15) is 0 Å². The van der Waals surface area contributed by atoms with Crippen LogP contribution in [0.15, 0.2) is 24.3 Å². The standard InChI is InChI=1S/C20H28N2O2/c1-3-4-11-22-12-9-16(10-13-22)14-24-20(23)19-15(2)21-18-8-6-5-7-17(18)19/h5-8,16,21H,3-4,9-14H2,1-2H3. The summed E-state index contributed by atoms with van der Waals surface area (Å²) < 4.78 is 5.65. The monoisotopic (exact) mass is 328 g/mol. The first-order chi connectivity index (χ1) is 11.7. The number of H-pyrrole nitrogens is 1. The molecule has 24 heavy (non-hydrogen) atoms. The zero-order valence-corrected chi connectivity index (χ0v) is 14.8. The van der Waals surface area contributed by atoms with E-state index in [2.05, 4.69) is 16.8 Å². The summed E-state index contributed by atoms with van der Waals surface area (Å²) in [6.45, 7) is 8.18. The number of aryl methyl sites for hydroxylation is 1. The van der Waals surface area contributed by atoms with E-state index >= 15 is 0 Å². The molecule has 1 aliphatic heterocycles. The second kappa shape index (κ2) is 7.84. The van der Waals surface area contributed by atoms with E-state index in [4.69, 9.17) is 4.74 Å². The topological polar surface area (TPSA) is 45.3 Å². The minimum Gasteiger partial charge on any atom is -0.462 e. The van der Waals surface area contributed by atoms with E-state index in [1.165, 1.54) is 19.4 Å². The first-order valence-corrected chi connectivity index (χ1v) is 9.15. The van der Waals surface area contributed by atoms with Gasteiger partial charge in [0.2, 0.25) is 0 Å². The van der Waals surface area contributed by atoms with Crippen LogP contribution in [-0.2, 0) is 4.74 Å². The molecule has 0 atom stereocenters. The van der Waals surface area contributed by atoms with Crippen molar-refractivity contribution in [1.29, 1.82) is 0 Å². The van der Waals surface area contributed by atoms with E-state index in [1.807, 2.05) is 31.2 Å². The molecule has 130 valence electrons. The second-order valence-corrected chi connectivity index (χ2v) is 6.91. The van der Waals surface area contributed by atoms with Crippen LogP contribution in [0.25, 0.3) is 10.9 Å². The van der Waals surface area contributed by atoms with Gasteiger partial charge in [-0.25, -0.2) is 4.79 Å². The van der Waals surface area contributed by atoms with Crippen LogP contribution in [0.2, 0.25) is 0 Å². The van der Waals surface area contributed by atoms with Gasteiger partial charge in [0.25, 0.3) is 0 Å². The molecule has 1 aromatic heterocycles. The van der Waals surface area contributed by atoms with Crippen molar-refractivity contribution in [3.8, 4) is 0 Å². The van der Waals surface area contributed by atoms with Crippen LogP contribution >= 0.6 is 0 Å². The third-order valence-corrected chi connectivity index (χ3v) is 5.08. The van der Waals surface area contributed by atoms with Gasteiger partial charge in [0, 0.05) is 16.6 Å². The average molecular weight is 328 g/mol. The number of hydrogen-bond acceptors (Lipinski definition) is 3. The van der Waals surface area contributed by atoms with Crippen molar-refractivity contribution in [2.75, 3.05) is 26.2 Å². The van der Waals surface area contributed by atoms with E-state index in [0.29, 0.717) is 18.1 Å². The maximum Gasteiger partial charge on any atom is 0.340 e. The fourth-order valence-corrected chi connectivity index (χ4v) is 3.56. The number of fused-ring (bicyclic) bond motifs is 1. The van der Waals surface area contributed by atoms with Crippen molar-refractivity contribution in [3.05, 3.63) is 35.5 Å². The van der Waals surface area contributed by atoms with Crippen LogP contribution in [-0.4, -0.2) is 42.1 Å². The summed E-state index contributed by atoms with van der Waals surface area (Å²) in [5, 5.41) is 0.953. The molecule has 1 saturated heterocycles. The number of aromatic nitrogens is 1. The number of ether oxygens (including phenoxy) is 1. The predicted molar refractivity (Wildman–Crippen MR) is 97.4 cm³/mol. The summed E-state index contributed by atoms with van der Waals surface area (Å²) in [5.41, 5.74) is 2.56. The van der Waals surface area contributed by atoms with Crippen LogP contribution in [0, 0.1) is 12.8 Å². The first kappa shape index (κ1) is 17.0. The van der Waals surface area contributed by atoms with Crippen LogP contribution in [0.1, 0.15) is 48.7 Å². The molecule has 0 unspecified atom stereocenters. The molecule has 0 amide bonds. The zero-order valence-electron chi connectivity index (χ0n) is 14.8. The van der Waals surface area contributed by atoms with Gasteiger partial charge >= 0.3 is 5.97 Å². The summed E-state index contributed by atoms with van der Waals surface area (Å²) in [6, 6.07) is 7.89. The number of esters is 1. The number of benzene rings is 1. The lowest BCUT2D eigenvalue weighted by atomic mass is 9.97. The second-order valence-electron chi connectivity index (χ2n) is 6.91. The van der Waals surface area contributed by atoms with Gasteiger partial charge in [-0.1, -0.05) is 31.5 Å². The van der Waals surface area contributed by atoms with Gasteiger partial charge in [-0.15, -0.1) is 0 Å². The summed E-state index contributed by atoms with van der Waals surface area (Å²) in [7, 11) is 0. The third kappa shape index (κ3) is 3.81. The molecule has 2 heterocycles. The fourth-order valence-electron chi connectivity index (χ4n) is 3.56. The number of likely N-dealkylation sites (tertiary alicyclic amines) is 1. The number of hydrogen-bond donors (Lipinski definition) is 1. The summed E-state index contributed by atoms with van der Waals surface area (Å²) >= 11 is 0. The van der Waals surface area contributed by atoms with Crippen molar-refractivity contribution in [2.45, 2.75) is 39.5 Å². The maximum atomic E-state index is 12.5. The minimum atomic E-state index is -0.196. The number of aromatic amines is 1. The Kier molecular flexibility index (Phi) is 5.56. The molecule has 1 N–H and O–H groups in total. The van der Waals surface area contributed by atoms with E-state index in [9.17, 15) is 4.79 Å². The molecule has 4 nitrogen and oxygen atoms in total. The summed E-state index contributed by atoms with van der Waals surface area (Å²) in [6.07, 6.45) is 4.79. The van der Waals surface area contributed by atoms with Crippen molar-refractivity contribution >= 4 is 16.9 Å². The molecule has 1 aliphatic rings. The Balaban J connectivity index is 1.54. The SMILES string of the molecule is CCCCN1CCC(COC(=O)c2c(C)[nH]c3ccccc23)CC1. The molecule has 0 spiro atoms. The Bertz CT molecular complexity index is 684. The van der Waals surface area contributed by atoms with Gasteiger partial charge in [0.1, 0.15) is 0 Å². The van der Waals surface area contributed by atoms with Crippen LogP contribution in [0.5, 0.6) is 0 Å². The van der Waals surface area contributed by atoms with E-state index < -0.39 is 0 Å². The predicted octanol–water partition coefficient (Wildman–Crippen LogP) is 4.15. The Labute approximate surface area is 144 Å². The number of unbranched alkanes of at least 4 members (excludes halogenated alkanes) is 1. The molecular formula is C20H28N2O2. The van der Waals surface area contributed by atoms with Gasteiger partial charge in [-0.05, 0) is 57.8 Å². The molecule has 0 saturated carbocycles. The number of carbonyl (C=O) groups excluding carboxylic acids is 1. The Morgan fingerprint density at radius 3 is 2.79 bits per heavy atom. The number of nitrogens with one attached hydrogen (secondary N) is 1. The summed E-state index contributed by atoms with van der Waals surface area (Å²) in [4.78, 5) is 18.3. The van der Waals surface area contributed by atoms with Crippen LogP contribution in [0.3, 0.4) is 0 Å². The van der Waals surface area contributed by atoms with Gasteiger partial charge < -0.3 is 14.6 Å². The highest BCUT2D eigenvalue weighted by molar-refractivity contribution is 6.05. The molecule has 0 radical (unpaired) electrons. The number of rotatable bonds is 6. The smallest absolute Gasteiger partial charge is 0.340 e. The Hall–Kier alpha value is -1.81. The molecule has 0 aliphatic carbocycles. The lowest BCUT2D eigenvalue weighted by molar-refractivity contribution is 0.0373. The zero-order chi connectivity index (χ0) is 16.9. The normalized spacial score (nSPS) is 16.6. The maximum absolute atomic E-state index is 12.5. The Morgan fingerprint density at radius 1 is 1.29 bits per heavy atom. The lowest BCUT2D eigenvalue weighted by Gasteiger charge is -2.31. The van der Waals surface area contributed by atoms with Crippen molar-refractivity contribution < 1.29 is 9.53 Å². The van der Waals surface area contributed by atoms with Gasteiger partial charge in [0.15, 0.2) is 0 Å². The quantitative estimate of drug-likeness (QED) is 0.810. The molecule has 2 aromatic rings. The number of piperidine rings is 1. The molecule has 1 fully saturated rings. The summed E-state index contributed by atoms with van der Waals surface area (Å²) in [5.74, 6) is 0.302. The first-order valence-electron chi connectivity index (χ1n) is 9.15. The fraction of sp³-hybridized carbons (Fsp3) is 0.550. The largest absolute Gasteiger partial charge is 0.462 e. The van der Waals surface area contributed by atoms with E-state index in [-0.39, 0.29) is 5.97 Å². The van der Waals surface area contributed by atoms with Gasteiger partial charge in [-0.3, -0.25) is 0 Å². The van der Waals surface area contributed by atoms with Gasteiger partial charge in [0.05, 0.1) is 12.2 Å². The van der Waals surface area contributed by atoms with Crippen molar-refractivity contribution in [1.82, 2.24) is 9.88 Å². The number of carbonyl (C=O) groups is 1. The Morgan fingerprint density at radius 2 is 2.04 bits per heavy atom. The third-order valence-electron chi connectivity index (χ3n) is 5.08. The minimum absolute atomic E-state index is 0.196. The molecule has 4 heteroatoms. The van der Waals surface area contributed by atoms with Crippen molar-refractivity contribution in [3.63, 3.8) is 0 Å². The molecule has 0 bridgehead atoms. The highest BCUT2D eigenvalue weighted by Crippen LogP contribution is 2.24. The lowest BCUT2D eigenvalue weighted by Crippen LogP contribution is -2.36. The van der Waals surface area contributed by atoms with Crippen LogP contribution < -0.4 is 0 Å². The molecule has 1 aromatic carbocycles. The van der Waals surface area contributed by atoms with Crippen molar-refractivity contribution in [2.24, 2.45) is 5.92 Å². The highest BCUT2D eigenvalue weighted by Gasteiger charge is 2.22. The number of para-hydroxylation sites is 1. The number of nitrogens with zero attached hydrogens (tertiary/aromatic N) is 1. The van der Waals surface area contributed by atoms with E-state index in [0.717, 1.165) is 42.5 Å².